The standard InChI is InChI=1S/C18H36N2/c1-6-11-12-13-14-15-16-17(19-9-4)18(7-2,8-3)20-10-5/h7-8,17,19-20H,2-3,6,9-16H2,1,4-5H3. The number of hydrogen-bond donors (Lipinski definition) is 2. The predicted molar refractivity (Wildman–Crippen MR) is 92.3 cm³/mol. The maximum absolute atomic E-state index is 4.02. The van der Waals surface area contributed by atoms with Crippen LogP contribution < -0.4 is 10.6 Å². The summed E-state index contributed by atoms with van der Waals surface area (Å²) >= 11 is 0. The Kier molecular flexibility index (Phi) is 11.8. The van der Waals surface area contributed by atoms with E-state index in [4.69, 9.17) is 0 Å². The second-order valence-corrected chi connectivity index (χ2v) is 5.54. The van der Waals surface area contributed by atoms with E-state index in [-0.39, 0.29) is 5.54 Å². The van der Waals surface area contributed by atoms with Gasteiger partial charge in [-0.15, -0.1) is 13.2 Å². The lowest BCUT2D eigenvalue weighted by Crippen LogP contribution is -2.57. The molecule has 0 aliphatic carbocycles. The molecule has 1 atom stereocenters. The van der Waals surface area contributed by atoms with Gasteiger partial charge >= 0.3 is 0 Å². The smallest absolute Gasteiger partial charge is 0.0700 e. The van der Waals surface area contributed by atoms with Crippen LogP contribution in [0.2, 0.25) is 0 Å². The van der Waals surface area contributed by atoms with E-state index in [0.29, 0.717) is 6.04 Å². The van der Waals surface area contributed by atoms with E-state index in [1.807, 2.05) is 12.2 Å². The SMILES string of the molecule is C=CC(C=C)(NCC)C(CCCCCCCC)NCC. The van der Waals surface area contributed by atoms with Crippen molar-refractivity contribution in [3.63, 3.8) is 0 Å². The lowest BCUT2D eigenvalue weighted by molar-refractivity contribution is 0.327. The van der Waals surface area contributed by atoms with Crippen LogP contribution in [-0.4, -0.2) is 24.7 Å². The molecule has 1 unspecified atom stereocenters. The minimum Gasteiger partial charge on any atom is -0.312 e. The summed E-state index contributed by atoms with van der Waals surface area (Å²) in [5, 5.41) is 7.15. The molecule has 2 heteroatoms. The number of hydrogen-bond acceptors (Lipinski definition) is 2. The molecule has 0 spiro atoms. The lowest BCUT2D eigenvalue weighted by Gasteiger charge is -2.37. The Morgan fingerprint density at radius 3 is 2.00 bits per heavy atom. The third kappa shape index (κ3) is 6.71. The molecule has 2 N–H and O–H groups in total. The van der Waals surface area contributed by atoms with Crippen molar-refractivity contribution in [2.24, 2.45) is 0 Å². The van der Waals surface area contributed by atoms with Gasteiger partial charge in [0.1, 0.15) is 0 Å². The van der Waals surface area contributed by atoms with E-state index >= 15 is 0 Å². The topological polar surface area (TPSA) is 24.1 Å². The molecule has 0 fully saturated rings. The van der Waals surface area contributed by atoms with E-state index in [1.54, 1.807) is 0 Å². The van der Waals surface area contributed by atoms with Gasteiger partial charge in [-0.3, -0.25) is 0 Å². The second kappa shape index (κ2) is 12.2. The summed E-state index contributed by atoms with van der Waals surface area (Å²) < 4.78 is 0. The summed E-state index contributed by atoms with van der Waals surface area (Å²) in [4.78, 5) is 0. The van der Waals surface area contributed by atoms with Crippen molar-refractivity contribution in [3.05, 3.63) is 25.3 Å². The summed E-state index contributed by atoms with van der Waals surface area (Å²) in [5.74, 6) is 0. The van der Waals surface area contributed by atoms with Crippen molar-refractivity contribution < 1.29 is 0 Å². The fourth-order valence-electron chi connectivity index (χ4n) is 2.83. The molecule has 0 saturated heterocycles. The molecule has 118 valence electrons. The number of rotatable bonds is 14. The van der Waals surface area contributed by atoms with Gasteiger partial charge in [-0.25, -0.2) is 0 Å². The Balaban J connectivity index is 4.37. The number of nitrogens with one attached hydrogen (secondary N) is 2. The molecule has 0 aliphatic heterocycles. The van der Waals surface area contributed by atoms with Crippen LogP contribution in [0.25, 0.3) is 0 Å². The zero-order valence-corrected chi connectivity index (χ0v) is 14.0. The first-order chi connectivity index (χ1) is 9.70. The normalized spacial score (nSPS) is 13.2. The highest BCUT2D eigenvalue weighted by atomic mass is 15.1. The molecular formula is C18H36N2. The Morgan fingerprint density at radius 2 is 1.50 bits per heavy atom. The van der Waals surface area contributed by atoms with E-state index in [1.165, 1.54) is 44.9 Å². The molecule has 0 aromatic carbocycles. The first kappa shape index (κ1) is 19.4. The highest BCUT2D eigenvalue weighted by Crippen LogP contribution is 2.20. The zero-order chi connectivity index (χ0) is 15.3. The van der Waals surface area contributed by atoms with E-state index in [9.17, 15) is 0 Å². The minimum atomic E-state index is -0.186. The average molecular weight is 280 g/mol. The van der Waals surface area contributed by atoms with E-state index in [2.05, 4.69) is 44.6 Å². The highest BCUT2D eigenvalue weighted by molar-refractivity contribution is 5.20. The van der Waals surface area contributed by atoms with Crippen molar-refractivity contribution in [2.45, 2.75) is 77.3 Å². The lowest BCUT2D eigenvalue weighted by atomic mass is 9.86. The molecule has 0 aliphatic rings. The summed E-state index contributed by atoms with van der Waals surface area (Å²) in [6.45, 7) is 16.5. The molecule has 0 bridgehead atoms. The third-order valence-corrected chi connectivity index (χ3v) is 4.03. The molecule has 0 saturated carbocycles. The van der Waals surface area contributed by atoms with Gasteiger partial charge in [-0.2, -0.15) is 0 Å². The fraction of sp³-hybridized carbons (Fsp3) is 0.778. The third-order valence-electron chi connectivity index (χ3n) is 4.03. The van der Waals surface area contributed by atoms with Gasteiger partial charge < -0.3 is 10.6 Å². The van der Waals surface area contributed by atoms with Crippen molar-refractivity contribution in [2.75, 3.05) is 13.1 Å². The molecular weight excluding hydrogens is 244 g/mol. The molecule has 0 radical (unpaired) electrons. The van der Waals surface area contributed by atoms with Gasteiger partial charge in [0.25, 0.3) is 0 Å². The Labute approximate surface area is 127 Å². The fourth-order valence-corrected chi connectivity index (χ4v) is 2.83. The van der Waals surface area contributed by atoms with Gasteiger partial charge in [0, 0.05) is 6.04 Å². The molecule has 2 nitrogen and oxygen atoms in total. The van der Waals surface area contributed by atoms with Crippen LogP contribution in [0.3, 0.4) is 0 Å². The van der Waals surface area contributed by atoms with Gasteiger partial charge in [0.2, 0.25) is 0 Å². The first-order valence-corrected chi connectivity index (χ1v) is 8.46. The Morgan fingerprint density at radius 1 is 0.900 bits per heavy atom. The van der Waals surface area contributed by atoms with Crippen LogP contribution >= 0.6 is 0 Å². The van der Waals surface area contributed by atoms with Crippen LogP contribution in [-0.2, 0) is 0 Å². The summed E-state index contributed by atoms with van der Waals surface area (Å²) in [7, 11) is 0. The molecule has 0 aromatic heterocycles. The van der Waals surface area contributed by atoms with Crippen LogP contribution in [0.1, 0.15) is 65.7 Å². The van der Waals surface area contributed by atoms with Gasteiger partial charge in [-0.05, 0) is 19.5 Å². The van der Waals surface area contributed by atoms with E-state index < -0.39 is 0 Å². The van der Waals surface area contributed by atoms with Crippen LogP contribution in [0.4, 0.5) is 0 Å². The van der Waals surface area contributed by atoms with Crippen molar-refractivity contribution >= 4 is 0 Å². The molecule has 0 rings (SSSR count). The summed E-state index contributed by atoms with van der Waals surface area (Å²) in [5.41, 5.74) is -0.186. The molecule has 0 amide bonds. The second-order valence-electron chi connectivity index (χ2n) is 5.54. The van der Waals surface area contributed by atoms with Crippen molar-refractivity contribution in [1.82, 2.24) is 10.6 Å². The Hall–Kier alpha value is -0.600. The minimum absolute atomic E-state index is 0.186. The zero-order valence-electron chi connectivity index (χ0n) is 14.0. The number of likely N-dealkylation sites (N-methyl/N-ethyl adjacent to an activating group) is 2. The average Bonchev–Trinajstić information content (AvgIpc) is 2.47. The highest BCUT2D eigenvalue weighted by Gasteiger charge is 2.31. The summed E-state index contributed by atoms with van der Waals surface area (Å²) in [6.07, 6.45) is 13.2. The number of unbranched alkanes of at least 4 members (excludes halogenated alkanes) is 5. The van der Waals surface area contributed by atoms with Gasteiger partial charge in [-0.1, -0.05) is 71.4 Å². The van der Waals surface area contributed by atoms with Crippen molar-refractivity contribution in [3.8, 4) is 0 Å². The van der Waals surface area contributed by atoms with Crippen LogP contribution in [0.5, 0.6) is 0 Å². The van der Waals surface area contributed by atoms with Crippen LogP contribution in [0, 0.1) is 0 Å². The van der Waals surface area contributed by atoms with Gasteiger partial charge in [0.15, 0.2) is 0 Å². The van der Waals surface area contributed by atoms with Crippen LogP contribution in [0.15, 0.2) is 25.3 Å². The molecule has 0 heterocycles. The van der Waals surface area contributed by atoms with Crippen molar-refractivity contribution in [1.29, 1.82) is 0 Å². The Bertz CT molecular complexity index is 240. The largest absolute Gasteiger partial charge is 0.312 e. The van der Waals surface area contributed by atoms with E-state index in [0.717, 1.165) is 13.1 Å². The van der Waals surface area contributed by atoms with Gasteiger partial charge in [0.05, 0.1) is 5.54 Å². The molecule has 0 aromatic rings. The predicted octanol–water partition coefficient (Wildman–Crippen LogP) is 4.44. The molecule has 20 heavy (non-hydrogen) atoms. The summed E-state index contributed by atoms with van der Waals surface area (Å²) in [6, 6.07) is 0.383. The first-order valence-electron chi connectivity index (χ1n) is 8.46. The quantitative estimate of drug-likeness (QED) is 0.363. The maximum Gasteiger partial charge on any atom is 0.0700 e. The monoisotopic (exact) mass is 280 g/mol. The maximum atomic E-state index is 4.02.